The summed E-state index contributed by atoms with van der Waals surface area (Å²) in [5.74, 6) is 0.902. The number of pyridine rings is 1. The van der Waals surface area contributed by atoms with Crippen molar-refractivity contribution >= 4 is 11.6 Å². The van der Waals surface area contributed by atoms with Crippen molar-refractivity contribution < 1.29 is 9.53 Å². The molecule has 5 rings (SSSR count). The first-order valence-corrected chi connectivity index (χ1v) is 10.6. The van der Waals surface area contributed by atoms with Crippen LogP contribution >= 0.6 is 0 Å². The van der Waals surface area contributed by atoms with Crippen molar-refractivity contribution in [3.05, 3.63) is 78.6 Å². The summed E-state index contributed by atoms with van der Waals surface area (Å²) in [6, 6.07) is 19.9. The lowest BCUT2D eigenvalue weighted by Gasteiger charge is -2.05. The molecule has 7 heteroatoms. The summed E-state index contributed by atoms with van der Waals surface area (Å²) in [5, 5.41) is 11.5. The first-order chi connectivity index (χ1) is 15.7. The van der Waals surface area contributed by atoms with Gasteiger partial charge in [-0.15, -0.1) is 5.10 Å². The zero-order valence-electron chi connectivity index (χ0n) is 17.7. The quantitative estimate of drug-likeness (QED) is 0.474. The van der Waals surface area contributed by atoms with E-state index in [1.54, 1.807) is 13.3 Å². The van der Waals surface area contributed by atoms with Crippen molar-refractivity contribution in [2.45, 2.75) is 19.4 Å². The second kappa shape index (κ2) is 8.63. The van der Waals surface area contributed by atoms with E-state index in [0.29, 0.717) is 12.4 Å². The first-order valence-electron chi connectivity index (χ1n) is 10.6. The van der Waals surface area contributed by atoms with Crippen molar-refractivity contribution in [1.82, 2.24) is 20.0 Å². The number of benzene rings is 2. The van der Waals surface area contributed by atoms with Gasteiger partial charge in [-0.05, 0) is 42.2 Å². The molecule has 4 aromatic rings. The largest absolute Gasteiger partial charge is 0.481 e. The third-order valence-electron chi connectivity index (χ3n) is 5.51. The van der Waals surface area contributed by atoms with Crippen molar-refractivity contribution in [2.24, 2.45) is 5.92 Å². The maximum absolute atomic E-state index is 11.9. The zero-order chi connectivity index (χ0) is 21.9. The molecule has 1 fully saturated rings. The van der Waals surface area contributed by atoms with Gasteiger partial charge in [-0.25, -0.2) is 9.67 Å². The smallest absolute Gasteiger partial charge is 0.227 e. The van der Waals surface area contributed by atoms with Crippen molar-refractivity contribution in [3.8, 4) is 28.3 Å². The lowest BCUT2D eigenvalue weighted by Crippen LogP contribution is -2.12. The summed E-state index contributed by atoms with van der Waals surface area (Å²) in [4.78, 5) is 16.1. The minimum absolute atomic E-state index is 0.109. The van der Waals surface area contributed by atoms with Gasteiger partial charge in [-0.2, -0.15) is 0 Å². The lowest BCUT2D eigenvalue weighted by molar-refractivity contribution is -0.117. The number of aromatic nitrogens is 4. The maximum Gasteiger partial charge on any atom is 0.227 e. The molecule has 1 aliphatic rings. The van der Waals surface area contributed by atoms with E-state index in [-0.39, 0.29) is 11.8 Å². The van der Waals surface area contributed by atoms with E-state index in [0.717, 1.165) is 46.5 Å². The van der Waals surface area contributed by atoms with Gasteiger partial charge in [0.25, 0.3) is 0 Å². The standard InChI is InChI=1S/C25H23N5O2/c1-32-24-13-10-21(14-26-24)18-4-2-17(3-5-18)15-30-16-23(28-29-30)19-8-11-22(12-9-19)27-25(31)20-6-7-20/h2-5,8-14,16,20H,6-7,15H2,1H3,(H,27,31). The predicted octanol–water partition coefficient (Wildman–Crippen LogP) is 4.41. The third kappa shape index (κ3) is 4.51. The van der Waals surface area contributed by atoms with E-state index >= 15 is 0 Å². The Hall–Kier alpha value is -4.00. The lowest BCUT2D eigenvalue weighted by atomic mass is 10.1. The molecule has 0 saturated heterocycles. The van der Waals surface area contributed by atoms with Gasteiger partial charge in [-0.3, -0.25) is 4.79 Å². The average molecular weight is 425 g/mol. The highest BCUT2D eigenvalue weighted by molar-refractivity contribution is 5.94. The van der Waals surface area contributed by atoms with Gasteiger partial charge in [0.05, 0.1) is 19.9 Å². The second-order valence-electron chi connectivity index (χ2n) is 7.93. The monoisotopic (exact) mass is 425 g/mol. The van der Waals surface area contributed by atoms with Crippen molar-refractivity contribution in [2.75, 3.05) is 12.4 Å². The molecular formula is C25H23N5O2. The molecule has 0 aliphatic heterocycles. The van der Waals surface area contributed by atoms with Crippen LogP contribution in [-0.4, -0.2) is 33.0 Å². The van der Waals surface area contributed by atoms with Crippen molar-refractivity contribution in [3.63, 3.8) is 0 Å². The summed E-state index contributed by atoms with van der Waals surface area (Å²) < 4.78 is 6.93. The molecule has 2 aromatic carbocycles. The molecule has 2 heterocycles. The van der Waals surface area contributed by atoms with Gasteiger partial charge in [0.2, 0.25) is 11.8 Å². The van der Waals surface area contributed by atoms with Crippen LogP contribution < -0.4 is 10.1 Å². The summed E-state index contributed by atoms with van der Waals surface area (Å²) in [6.07, 6.45) is 5.72. The fourth-order valence-corrected chi connectivity index (χ4v) is 3.48. The highest BCUT2D eigenvalue weighted by atomic mass is 16.5. The molecule has 0 radical (unpaired) electrons. The van der Waals surface area contributed by atoms with E-state index < -0.39 is 0 Å². The molecule has 7 nitrogen and oxygen atoms in total. The number of hydrogen-bond donors (Lipinski definition) is 1. The van der Waals surface area contributed by atoms with Gasteiger partial charge >= 0.3 is 0 Å². The molecule has 1 N–H and O–H groups in total. The Kier molecular flexibility index (Phi) is 5.37. The van der Waals surface area contributed by atoms with Gasteiger partial charge < -0.3 is 10.1 Å². The van der Waals surface area contributed by atoms with Crippen LogP contribution in [0.15, 0.2) is 73.1 Å². The third-order valence-corrected chi connectivity index (χ3v) is 5.51. The molecular weight excluding hydrogens is 402 g/mol. The Morgan fingerprint density at radius 2 is 1.72 bits per heavy atom. The number of nitrogens with one attached hydrogen (secondary N) is 1. The van der Waals surface area contributed by atoms with Crippen molar-refractivity contribution in [1.29, 1.82) is 0 Å². The van der Waals surface area contributed by atoms with Crippen LogP contribution in [0.2, 0.25) is 0 Å². The molecule has 1 aliphatic carbocycles. The zero-order valence-corrected chi connectivity index (χ0v) is 17.7. The van der Waals surface area contributed by atoms with Gasteiger partial charge in [-0.1, -0.05) is 41.6 Å². The van der Waals surface area contributed by atoms with Crippen LogP contribution in [0.25, 0.3) is 22.4 Å². The first kappa shape index (κ1) is 19.9. The molecule has 1 amide bonds. The number of nitrogens with zero attached hydrogens (tertiary/aromatic N) is 4. The predicted molar refractivity (Wildman–Crippen MR) is 122 cm³/mol. The highest BCUT2D eigenvalue weighted by Gasteiger charge is 2.29. The fourth-order valence-electron chi connectivity index (χ4n) is 3.48. The molecule has 2 aromatic heterocycles. The number of hydrogen-bond acceptors (Lipinski definition) is 5. The molecule has 0 bridgehead atoms. The van der Waals surface area contributed by atoms with Crippen LogP contribution in [0.1, 0.15) is 18.4 Å². The normalized spacial score (nSPS) is 13.0. The number of ether oxygens (including phenoxy) is 1. The van der Waals surface area contributed by atoms with E-state index in [9.17, 15) is 4.79 Å². The Morgan fingerprint density at radius 1 is 1.00 bits per heavy atom. The van der Waals surface area contributed by atoms with E-state index in [1.807, 2.05) is 47.3 Å². The molecule has 0 unspecified atom stereocenters. The Morgan fingerprint density at radius 3 is 2.38 bits per heavy atom. The molecule has 0 spiro atoms. The van der Waals surface area contributed by atoms with Crippen LogP contribution in [-0.2, 0) is 11.3 Å². The minimum atomic E-state index is 0.109. The second-order valence-corrected chi connectivity index (χ2v) is 7.93. The number of rotatable bonds is 7. The fraction of sp³-hybridized carbons (Fsp3) is 0.200. The summed E-state index contributed by atoms with van der Waals surface area (Å²) in [7, 11) is 1.61. The van der Waals surface area contributed by atoms with Crippen LogP contribution in [0.5, 0.6) is 5.88 Å². The molecule has 160 valence electrons. The van der Waals surface area contributed by atoms with E-state index in [2.05, 4.69) is 44.9 Å². The van der Waals surface area contributed by atoms with Gasteiger partial charge in [0.1, 0.15) is 5.69 Å². The average Bonchev–Trinajstić information content (AvgIpc) is 3.60. The Bertz CT molecular complexity index is 1210. The maximum atomic E-state index is 11.9. The van der Waals surface area contributed by atoms with Crippen LogP contribution in [0, 0.1) is 5.92 Å². The molecule has 1 saturated carbocycles. The Labute approximate surface area is 186 Å². The van der Waals surface area contributed by atoms with Crippen LogP contribution in [0.3, 0.4) is 0 Å². The van der Waals surface area contributed by atoms with Gasteiger partial charge in [0.15, 0.2) is 0 Å². The topological polar surface area (TPSA) is 81.9 Å². The number of amides is 1. The number of anilines is 1. The highest BCUT2D eigenvalue weighted by Crippen LogP contribution is 2.30. The van der Waals surface area contributed by atoms with Crippen LogP contribution in [0.4, 0.5) is 5.69 Å². The summed E-state index contributed by atoms with van der Waals surface area (Å²) in [5.41, 5.74) is 5.83. The van der Waals surface area contributed by atoms with E-state index in [4.69, 9.17) is 4.74 Å². The summed E-state index contributed by atoms with van der Waals surface area (Å²) >= 11 is 0. The number of carbonyl (C=O) groups excluding carboxylic acids is 1. The van der Waals surface area contributed by atoms with E-state index in [1.165, 1.54) is 0 Å². The molecule has 0 atom stereocenters. The Balaban J connectivity index is 1.23. The summed E-state index contributed by atoms with van der Waals surface area (Å²) in [6.45, 7) is 0.629. The molecule has 32 heavy (non-hydrogen) atoms. The van der Waals surface area contributed by atoms with Gasteiger partial charge in [0, 0.05) is 35.0 Å². The number of methoxy groups -OCH3 is 1. The minimum Gasteiger partial charge on any atom is -0.481 e. The number of carbonyl (C=O) groups is 1. The SMILES string of the molecule is COc1ccc(-c2ccc(Cn3cc(-c4ccc(NC(=O)C5CC5)cc4)nn3)cc2)cn1.